The van der Waals surface area contributed by atoms with Crippen molar-refractivity contribution in [1.29, 1.82) is 0 Å². The molecule has 2 aromatic carbocycles. The van der Waals surface area contributed by atoms with Crippen LogP contribution >= 0.6 is 14.6 Å². The molecule has 0 fully saturated rings. The van der Waals surface area contributed by atoms with Crippen LogP contribution in [0.4, 0.5) is 0 Å². The van der Waals surface area contributed by atoms with Gasteiger partial charge in [0.15, 0.2) is 0 Å². The molecular weight excluding hydrogens is 580 g/mol. The van der Waals surface area contributed by atoms with Crippen LogP contribution in [0.15, 0.2) is 48.5 Å². The van der Waals surface area contributed by atoms with Crippen molar-refractivity contribution < 1.29 is 13.9 Å². The number of benzene rings is 2. The number of amides is 1. The van der Waals surface area contributed by atoms with E-state index in [0.717, 1.165) is 60.3 Å². The van der Waals surface area contributed by atoms with Gasteiger partial charge in [0.1, 0.15) is 0 Å². The van der Waals surface area contributed by atoms with Crippen LogP contribution in [0.1, 0.15) is 137 Å². The zero-order chi connectivity index (χ0) is 32.6. The number of rotatable bonds is 22. The molecule has 2 atom stereocenters. The minimum absolute atomic E-state index is 0.0654. The van der Waals surface area contributed by atoms with Gasteiger partial charge in [-0.25, -0.2) is 4.44 Å². The van der Waals surface area contributed by atoms with Gasteiger partial charge < -0.3 is 0 Å². The number of nitrogens with zero attached hydrogens (tertiary/aromatic N) is 1. The van der Waals surface area contributed by atoms with Gasteiger partial charge in [0, 0.05) is 29.9 Å². The number of carbonyl (C=O) groups is 1. The van der Waals surface area contributed by atoms with Crippen molar-refractivity contribution >= 4 is 31.1 Å². The highest BCUT2D eigenvalue weighted by Crippen LogP contribution is 2.67. The Morgan fingerprint density at radius 3 is 1.27 bits per heavy atom. The van der Waals surface area contributed by atoms with E-state index in [1.54, 1.807) is 0 Å². The summed E-state index contributed by atoms with van der Waals surface area (Å²) >= 11 is 0. The Labute approximate surface area is 271 Å². The van der Waals surface area contributed by atoms with Crippen LogP contribution in [0.2, 0.25) is 0 Å². The molecule has 2 unspecified atom stereocenters. The maximum absolute atomic E-state index is 15.8. The predicted molar refractivity (Wildman–Crippen MR) is 193 cm³/mol. The molecule has 0 aliphatic rings. The molecule has 0 N–H and O–H groups in total. The average Bonchev–Trinajstić information content (AvgIpc) is 2.96. The molecule has 0 aromatic heterocycles. The first-order valence-electron chi connectivity index (χ1n) is 17.7. The highest BCUT2D eigenvalue weighted by Gasteiger charge is 2.48. The van der Waals surface area contributed by atoms with Crippen molar-refractivity contribution in [1.82, 2.24) is 4.44 Å². The van der Waals surface area contributed by atoms with Crippen molar-refractivity contribution in [2.75, 3.05) is 12.3 Å². The monoisotopic (exact) mass is 643 g/mol. The van der Waals surface area contributed by atoms with Crippen LogP contribution in [0, 0.1) is 11.8 Å². The molecule has 0 spiro atoms. The highest BCUT2D eigenvalue weighted by molar-refractivity contribution is 7.84. The number of unbranched alkanes of at least 4 members (excludes halogenated alkanes) is 10. The Morgan fingerprint density at radius 1 is 0.591 bits per heavy atom. The summed E-state index contributed by atoms with van der Waals surface area (Å²) in [5.41, 5.74) is 2.07. The summed E-state index contributed by atoms with van der Waals surface area (Å²) in [6, 6.07) is 15.9. The zero-order valence-electron chi connectivity index (χ0n) is 29.2. The van der Waals surface area contributed by atoms with E-state index in [1.807, 2.05) is 36.4 Å². The van der Waals surface area contributed by atoms with E-state index >= 15 is 9.13 Å². The van der Waals surface area contributed by atoms with E-state index < -0.39 is 14.6 Å². The fourth-order valence-electron chi connectivity index (χ4n) is 6.55. The molecule has 0 saturated carbocycles. The largest absolute Gasteiger partial charge is 0.295 e. The predicted octanol–water partition coefficient (Wildman–Crippen LogP) is 11.2. The van der Waals surface area contributed by atoms with Crippen molar-refractivity contribution in [3.05, 3.63) is 59.7 Å². The molecule has 0 aliphatic heterocycles. The third kappa shape index (κ3) is 11.3. The van der Waals surface area contributed by atoms with Gasteiger partial charge in [0.05, 0.1) is 0 Å². The van der Waals surface area contributed by atoms with E-state index in [1.165, 1.54) is 62.7 Å². The molecule has 0 heterocycles. The molecule has 248 valence electrons. The van der Waals surface area contributed by atoms with Gasteiger partial charge in [-0.1, -0.05) is 142 Å². The van der Waals surface area contributed by atoms with Crippen LogP contribution in [0.5, 0.6) is 0 Å². The molecule has 2 rings (SSSR count). The smallest absolute Gasteiger partial charge is 0.230 e. The topological polar surface area (TPSA) is 54.5 Å². The molecule has 4 nitrogen and oxygen atoms in total. The van der Waals surface area contributed by atoms with Crippen LogP contribution < -0.4 is 10.6 Å². The lowest BCUT2D eigenvalue weighted by atomic mass is 10.1. The number of hydrogen-bond donors (Lipinski definition) is 0. The standard InChI is InChI=1S/C38H63NO3P2/c1-8-10-12-14-16-18-24-35-26-20-22-28-37(35)43(41,30-32(3)4)39(34(7)40)44(42,31-33(5)6)38-29-23-21-27-36(38)25-19-17-15-13-11-9-2/h20-23,26-29,32-33H,8-19,24-25,30-31H2,1-7H3. The molecule has 0 saturated heterocycles. The minimum Gasteiger partial charge on any atom is -0.295 e. The zero-order valence-corrected chi connectivity index (χ0v) is 30.9. The highest BCUT2D eigenvalue weighted by atomic mass is 31.2. The van der Waals surface area contributed by atoms with Gasteiger partial charge in [-0.15, -0.1) is 0 Å². The van der Waals surface area contributed by atoms with E-state index in [2.05, 4.69) is 53.7 Å². The number of hydrogen-bond acceptors (Lipinski definition) is 3. The summed E-state index contributed by atoms with van der Waals surface area (Å²) in [4.78, 5) is 13.9. The number of aryl methyl sites for hydroxylation is 2. The Balaban J connectivity index is 2.62. The normalized spacial score (nSPS) is 14.5. The third-order valence-corrected chi connectivity index (χ3v) is 16.8. The summed E-state index contributed by atoms with van der Waals surface area (Å²) in [6.07, 6.45) is 16.5. The molecule has 0 aliphatic carbocycles. The van der Waals surface area contributed by atoms with E-state index in [0.29, 0.717) is 12.3 Å². The number of carbonyl (C=O) groups excluding carboxylic acids is 1. The van der Waals surface area contributed by atoms with Gasteiger partial charge in [0.2, 0.25) is 20.5 Å². The Morgan fingerprint density at radius 2 is 0.932 bits per heavy atom. The maximum Gasteiger partial charge on any atom is 0.230 e. The first-order valence-corrected chi connectivity index (χ1v) is 21.4. The summed E-state index contributed by atoms with van der Waals surface area (Å²) in [7, 11) is -7.17. The summed E-state index contributed by atoms with van der Waals surface area (Å²) < 4.78 is 33.0. The molecule has 0 radical (unpaired) electrons. The van der Waals surface area contributed by atoms with Crippen LogP contribution in [0.3, 0.4) is 0 Å². The van der Waals surface area contributed by atoms with E-state index in [-0.39, 0.29) is 17.7 Å². The van der Waals surface area contributed by atoms with Gasteiger partial charge in [-0.3, -0.25) is 13.9 Å². The molecule has 6 heteroatoms. The first-order chi connectivity index (χ1) is 21.0. The fraction of sp³-hybridized carbons (Fsp3) is 0.658. The minimum atomic E-state index is -3.58. The van der Waals surface area contributed by atoms with Gasteiger partial charge in [0.25, 0.3) is 0 Å². The summed E-state index contributed by atoms with van der Waals surface area (Å²) in [5.74, 6) is -0.215. The van der Waals surface area contributed by atoms with Crippen molar-refractivity contribution in [3.63, 3.8) is 0 Å². The van der Waals surface area contributed by atoms with E-state index in [9.17, 15) is 4.79 Å². The first kappa shape index (κ1) is 38.6. The fourth-order valence-corrected chi connectivity index (χ4v) is 15.3. The van der Waals surface area contributed by atoms with Crippen LogP contribution in [0.25, 0.3) is 0 Å². The average molecular weight is 644 g/mol. The molecule has 2 aromatic rings. The Hall–Kier alpha value is -1.63. The second kappa shape index (κ2) is 19.8. The van der Waals surface area contributed by atoms with Crippen molar-refractivity contribution in [3.8, 4) is 0 Å². The SMILES string of the molecule is CCCCCCCCc1ccccc1P(=O)(CC(C)C)N(C(C)=O)P(=O)(CC(C)C)c1ccccc1CCCCCCCC. The lowest BCUT2D eigenvalue weighted by Gasteiger charge is -2.40. The van der Waals surface area contributed by atoms with Gasteiger partial charge in [-0.2, -0.15) is 0 Å². The lowest BCUT2D eigenvalue weighted by Crippen LogP contribution is -2.37. The van der Waals surface area contributed by atoms with Crippen LogP contribution in [-0.2, 0) is 26.8 Å². The van der Waals surface area contributed by atoms with Gasteiger partial charge >= 0.3 is 0 Å². The lowest BCUT2D eigenvalue weighted by molar-refractivity contribution is -0.121. The third-order valence-electron chi connectivity index (χ3n) is 8.45. The maximum atomic E-state index is 15.8. The summed E-state index contributed by atoms with van der Waals surface area (Å²) in [5, 5.41) is 1.46. The summed E-state index contributed by atoms with van der Waals surface area (Å²) in [6.45, 7) is 14.2. The molecular formula is C38H63NO3P2. The van der Waals surface area contributed by atoms with Crippen LogP contribution in [-0.4, -0.2) is 22.7 Å². The van der Waals surface area contributed by atoms with E-state index in [4.69, 9.17) is 0 Å². The Bertz CT molecular complexity index is 1130. The van der Waals surface area contributed by atoms with Gasteiger partial charge in [-0.05, 0) is 60.8 Å². The van der Waals surface area contributed by atoms with Crippen molar-refractivity contribution in [2.45, 2.75) is 138 Å². The van der Waals surface area contributed by atoms with Crippen molar-refractivity contribution in [2.24, 2.45) is 11.8 Å². The Kier molecular flexibility index (Phi) is 17.3. The quantitative estimate of drug-likeness (QED) is 0.0947. The second-order valence-corrected chi connectivity index (χ2v) is 19.3. The molecule has 44 heavy (non-hydrogen) atoms. The molecule has 0 bridgehead atoms. The molecule has 1 amide bonds. The second-order valence-electron chi connectivity index (χ2n) is 13.7.